The molecule has 3 aromatic rings. The van der Waals surface area contributed by atoms with E-state index in [2.05, 4.69) is 22.4 Å². The second-order valence-corrected chi connectivity index (χ2v) is 6.95. The van der Waals surface area contributed by atoms with Gasteiger partial charge in [0.2, 0.25) is 5.91 Å². The number of carbonyl (C=O) groups is 1. The summed E-state index contributed by atoms with van der Waals surface area (Å²) in [6.45, 7) is 3.68. The van der Waals surface area contributed by atoms with E-state index in [1.807, 2.05) is 28.8 Å². The molecule has 0 atom stereocenters. The molecular weight excluding hydrogens is 378 g/mol. The fraction of sp³-hybridized carbons (Fsp3) is 0.211. The summed E-state index contributed by atoms with van der Waals surface area (Å²) in [4.78, 5) is 22.9. The number of benzene rings is 2. The van der Waals surface area contributed by atoms with Gasteiger partial charge in [0.05, 0.1) is 27.6 Å². The summed E-state index contributed by atoms with van der Waals surface area (Å²) in [5, 5.41) is 22.4. The number of hydrogen-bond donors (Lipinski definition) is 1. The van der Waals surface area contributed by atoms with E-state index in [1.165, 1.54) is 17.8 Å². The van der Waals surface area contributed by atoms with Crippen LogP contribution in [0.1, 0.15) is 18.1 Å². The van der Waals surface area contributed by atoms with Gasteiger partial charge >= 0.3 is 0 Å². The summed E-state index contributed by atoms with van der Waals surface area (Å²) in [6.07, 6.45) is 2.49. The van der Waals surface area contributed by atoms with E-state index in [0.29, 0.717) is 16.4 Å². The average molecular weight is 397 g/mol. The van der Waals surface area contributed by atoms with Crippen molar-refractivity contribution in [2.45, 2.75) is 25.4 Å². The lowest BCUT2D eigenvalue weighted by Crippen LogP contribution is -2.15. The summed E-state index contributed by atoms with van der Waals surface area (Å²) in [7, 11) is 0. The maximum absolute atomic E-state index is 12.4. The largest absolute Gasteiger partial charge is 0.325 e. The Kier molecular flexibility index (Phi) is 6.05. The topological polar surface area (TPSA) is 103 Å². The highest BCUT2D eigenvalue weighted by molar-refractivity contribution is 7.99. The Morgan fingerprint density at radius 2 is 2.04 bits per heavy atom. The molecule has 9 heteroatoms. The number of para-hydroxylation sites is 1. The molecule has 1 N–H and O–H groups in total. The third-order valence-electron chi connectivity index (χ3n) is 4.26. The van der Waals surface area contributed by atoms with E-state index in [1.54, 1.807) is 25.4 Å². The summed E-state index contributed by atoms with van der Waals surface area (Å²) in [5.74, 6) is -0.165. The highest BCUT2D eigenvalue weighted by Gasteiger charge is 2.16. The van der Waals surface area contributed by atoms with E-state index >= 15 is 0 Å². The summed E-state index contributed by atoms with van der Waals surface area (Å²) < 4.78 is 1.86. The number of thioether (sulfide) groups is 1. The number of anilines is 1. The Labute approximate surface area is 166 Å². The van der Waals surface area contributed by atoms with Crippen LogP contribution in [0.3, 0.4) is 0 Å². The van der Waals surface area contributed by atoms with Crippen LogP contribution >= 0.6 is 11.8 Å². The van der Waals surface area contributed by atoms with Crippen LogP contribution < -0.4 is 5.32 Å². The van der Waals surface area contributed by atoms with Gasteiger partial charge in [-0.25, -0.2) is 0 Å². The monoisotopic (exact) mass is 397 g/mol. The zero-order chi connectivity index (χ0) is 20.1. The highest BCUT2D eigenvalue weighted by atomic mass is 32.2. The van der Waals surface area contributed by atoms with Gasteiger partial charge in [-0.15, -0.1) is 10.2 Å². The molecule has 0 aliphatic carbocycles. The van der Waals surface area contributed by atoms with Crippen molar-refractivity contribution < 1.29 is 9.72 Å². The van der Waals surface area contributed by atoms with Gasteiger partial charge in [-0.2, -0.15) is 0 Å². The predicted molar refractivity (Wildman–Crippen MR) is 108 cm³/mol. The van der Waals surface area contributed by atoms with Crippen molar-refractivity contribution in [3.05, 3.63) is 70.0 Å². The molecule has 1 aromatic heterocycles. The highest BCUT2D eigenvalue weighted by Crippen LogP contribution is 2.26. The number of amides is 1. The van der Waals surface area contributed by atoms with Gasteiger partial charge in [0.1, 0.15) is 6.33 Å². The maximum atomic E-state index is 12.4. The Balaban J connectivity index is 1.71. The van der Waals surface area contributed by atoms with Gasteiger partial charge in [-0.1, -0.05) is 43.0 Å². The minimum absolute atomic E-state index is 0.0265. The van der Waals surface area contributed by atoms with Crippen LogP contribution in [-0.4, -0.2) is 31.3 Å². The molecule has 1 amide bonds. The minimum atomic E-state index is -0.465. The molecule has 2 aromatic carbocycles. The molecule has 0 aliphatic rings. The number of nitro benzene ring substituents is 1. The number of carbonyl (C=O) groups excluding carboxylic acids is 1. The van der Waals surface area contributed by atoms with E-state index in [0.717, 1.165) is 17.7 Å². The number of nitro groups is 1. The lowest BCUT2D eigenvalue weighted by Gasteiger charge is -2.11. The van der Waals surface area contributed by atoms with Crippen molar-refractivity contribution >= 4 is 29.0 Å². The molecule has 0 saturated heterocycles. The summed E-state index contributed by atoms with van der Waals surface area (Å²) in [5.41, 5.74) is 2.96. The molecule has 8 nitrogen and oxygen atoms in total. The van der Waals surface area contributed by atoms with Gasteiger partial charge in [0, 0.05) is 6.07 Å². The average Bonchev–Trinajstić information content (AvgIpc) is 3.16. The SMILES string of the molecule is CCc1ccccc1-n1cnnc1SCC(=O)Nc1cccc([N+](=O)[O-])c1C. The summed E-state index contributed by atoms with van der Waals surface area (Å²) >= 11 is 1.25. The van der Waals surface area contributed by atoms with Crippen molar-refractivity contribution in [3.8, 4) is 5.69 Å². The molecule has 0 aliphatic heterocycles. The first kappa shape index (κ1) is 19.6. The molecular formula is C19H19N5O3S. The number of aryl methyl sites for hydroxylation is 1. The number of rotatable bonds is 7. The molecule has 0 saturated carbocycles. The number of aromatic nitrogens is 3. The molecule has 144 valence electrons. The number of nitrogens with one attached hydrogen (secondary N) is 1. The zero-order valence-electron chi connectivity index (χ0n) is 15.5. The van der Waals surface area contributed by atoms with E-state index < -0.39 is 4.92 Å². The van der Waals surface area contributed by atoms with E-state index in [-0.39, 0.29) is 17.3 Å². The minimum Gasteiger partial charge on any atom is -0.325 e. The van der Waals surface area contributed by atoms with Gasteiger partial charge < -0.3 is 5.32 Å². The second kappa shape index (κ2) is 8.66. The quantitative estimate of drug-likeness (QED) is 0.370. The molecule has 1 heterocycles. The molecule has 0 radical (unpaired) electrons. The third kappa shape index (κ3) is 4.20. The first-order valence-corrected chi connectivity index (χ1v) is 9.64. The van der Waals surface area contributed by atoms with Crippen LogP contribution in [0.5, 0.6) is 0 Å². The predicted octanol–water partition coefficient (Wildman–Crippen LogP) is 3.78. The second-order valence-electron chi connectivity index (χ2n) is 6.01. The zero-order valence-corrected chi connectivity index (χ0v) is 16.3. The van der Waals surface area contributed by atoms with Gasteiger partial charge in [-0.05, 0) is 31.0 Å². The van der Waals surface area contributed by atoms with Crippen LogP contribution in [0.15, 0.2) is 53.9 Å². The van der Waals surface area contributed by atoms with Crippen LogP contribution in [0.25, 0.3) is 5.69 Å². The fourth-order valence-electron chi connectivity index (χ4n) is 2.81. The van der Waals surface area contributed by atoms with E-state index in [4.69, 9.17) is 0 Å². The van der Waals surface area contributed by atoms with Crippen LogP contribution in [-0.2, 0) is 11.2 Å². The van der Waals surface area contributed by atoms with Crippen LogP contribution in [0.4, 0.5) is 11.4 Å². The molecule has 0 bridgehead atoms. The summed E-state index contributed by atoms with van der Waals surface area (Å²) in [6, 6.07) is 12.6. The van der Waals surface area contributed by atoms with Gasteiger partial charge in [0.25, 0.3) is 5.69 Å². The Morgan fingerprint density at radius 1 is 1.25 bits per heavy atom. The third-order valence-corrected chi connectivity index (χ3v) is 5.20. The van der Waals surface area contributed by atoms with Crippen molar-refractivity contribution in [2.24, 2.45) is 0 Å². The van der Waals surface area contributed by atoms with Crippen molar-refractivity contribution in [1.29, 1.82) is 0 Å². The first-order valence-electron chi connectivity index (χ1n) is 8.66. The molecule has 28 heavy (non-hydrogen) atoms. The molecule has 3 rings (SSSR count). The van der Waals surface area contributed by atoms with Gasteiger partial charge in [-0.3, -0.25) is 19.5 Å². The van der Waals surface area contributed by atoms with Crippen molar-refractivity contribution in [1.82, 2.24) is 14.8 Å². The fourth-order valence-corrected chi connectivity index (χ4v) is 3.53. The maximum Gasteiger partial charge on any atom is 0.274 e. The molecule has 0 unspecified atom stereocenters. The Bertz CT molecular complexity index is 1020. The Morgan fingerprint density at radius 3 is 2.79 bits per heavy atom. The smallest absolute Gasteiger partial charge is 0.274 e. The standard InChI is InChI=1S/C19H19N5O3S/c1-3-14-7-4-5-9-17(14)23-12-20-22-19(23)28-11-18(25)21-15-8-6-10-16(13(15)2)24(26)27/h4-10,12H,3,11H2,1-2H3,(H,21,25). The van der Waals surface area contributed by atoms with Gasteiger partial charge in [0.15, 0.2) is 5.16 Å². The van der Waals surface area contributed by atoms with Crippen molar-refractivity contribution in [2.75, 3.05) is 11.1 Å². The molecule has 0 fully saturated rings. The molecule has 0 spiro atoms. The first-order chi connectivity index (χ1) is 13.5. The van der Waals surface area contributed by atoms with Crippen LogP contribution in [0.2, 0.25) is 0 Å². The lowest BCUT2D eigenvalue weighted by molar-refractivity contribution is -0.385. The Hall–Kier alpha value is -3.20. The number of nitrogens with zero attached hydrogens (tertiary/aromatic N) is 4. The van der Waals surface area contributed by atoms with Crippen molar-refractivity contribution in [3.63, 3.8) is 0 Å². The lowest BCUT2D eigenvalue weighted by atomic mass is 10.1. The number of hydrogen-bond acceptors (Lipinski definition) is 6. The van der Waals surface area contributed by atoms with E-state index in [9.17, 15) is 14.9 Å². The normalized spacial score (nSPS) is 10.6. The van der Waals surface area contributed by atoms with Crippen LogP contribution in [0, 0.1) is 17.0 Å².